The van der Waals surface area contributed by atoms with Gasteiger partial charge in [0.1, 0.15) is 5.82 Å². The van der Waals surface area contributed by atoms with Gasteiger partial charge in [-0.25, -0.2) is 9.37 Å². The van der Waals surface area contributed by atoms with Gasteiger partial charge in [-0.05, 0) is 35.0 Å². The number of anilines is 1. The number of nitrogens with zero attached hydrogens (tertiary/aromatic N) is 1. The number of fused-ring (bicyclic) bond motifs is 2. The number of hydrogen-bond acceptors (Lipinski definition) is 3. The zero-order valence-electron chi connectivity index (χ0n) is 12.5. The summed E-state index contributed by atoms with van der Waals surface area (Å²) in [5, 5.41) is 1.55. The lowest BCUT2D eigenvalue weighted by Crippen LogP contribution is -2.30. The number of hydrazine groups is 1. The number of halogens is 1. The van der Waals surface area contributed by atoms with Gasteiger partial charge in [0.05, 0.1) is 16.6 Å². The second-order valence-corrected chi connectivity index (χ2v) is 5.36. The highest BCUT2D eigenvalue weighted by molar-refractivity contribution is 5.99. The SMILES string of the molecule is O=C(NNc1nc2ccccc2[nH]1)c1cc2ccccc2cc1F. The Labute approximate surface area is 136 Å². The Bertz CT molecular complexity index is 1020. The largest absolute Gasteiger partial charge is 0.323 e. The second-order valence-electron chi connectivity index (χ2n) is 5.36. The van der Waals surface area contributed by atoms with E-state index in [1.54, 1.807) is 6.07 Å². The number of rotatable bonds is 3. The zero-order valence-corrected chi connectivity index (χ0v) is 12.5. The molecule has 1 heterocycles. The summed E-state index contributed by atoms with van der Waals surface area (Å²) < 4.78 is 14.2. The van der Waals surface area contributed by atoms with Gasteiger partial charge in [0.15, 0.2) is 0 Å². The lowest BCUT2D eigenvalue weighted by molar-refractivity contribution is 0.0958. The molecule has 1 amide bonds. The average molecular weight is 320 g/mol. The maximum Gasteiger partial charge on any atom is 0.272 e. The Hall–Kier alpha value is -3.41. The van der Waals surface area contributed by atoms with Crippen molar-refractivity contribution in [2.24, 2.45) is 0 Å². The van der Waals surface area contributed by atoms with Gasteiger partial charge in [-0.3, -0.25) is 15.6 Å². The molecule has 0 saturated heterocycles. The highest BCUT2D eigenvalue weighted by atomic mass is 19.1. The normalized spacial score (nSPS) is 10.9. The van der Waals surface area contributed by atoms with Gasteiger partial charge in [-0.1, -0.05) is 36.4 Å². The molecular weight excluding hydrogens is 307 g/mol. The van der Waals surface area contributed by atoms with Gasteiger partial charge in [0, 0.05) is 0 Å². The standard InChI is InChI=1S/C18H13FN4O/c19-14-10-12-6-2-1-5-11(12)9-13(14)17(24)22-23-18-20-15-7-3-4-8-16(15)21-18/h1-10H,(H,22,24)(H2,20,21,23). The smallest absolute Gasteiger partial charge is 0.272 e. The Morgan fingerprint density at radius 2 is 1.71 bits per heavy atom. The lowest BCUT2D eigenvalue weighted by atomic mass is 10.1. The molecule has 0 unspecified atom stereocenters. The van der Waals surface area contributed by atoms with Gasteiger partial charge in [0.25, 0.3) is 5.91 Å². The van der Waals surface area contributed by atoms with E-state index in [9.17, 15) is 9.18 Å². The molecule has 4 rings (SSSR count). The molecule has 0 aliphatic rings. The van der Waals surface area contributed by atoms with E-state index < -0.39 is 11.7 Å². The van der Waals surface area contributed by atoms with Crippen LogP contribution in [0, 0.1) is 5.82 Å². The van der Waals surface area contributed by atoms with Crippen molar-refractivity contribution in [3.05, 3.63) is 72.0 Å². The maximum atomic E-state index is 14.2. The maximum absolute atomic E-state index is 14.2. The van der Waals surface area contributed by atoms with Crippen LogP contribution >= 0.6 is 0 Å². The minimum absolute atomic E-state index is 0.0303. The second kappa shape index (κ2) is 5.66. The summed E-state index contributed by atoms with van der Waals surface area (Å²) in [6.07, 6.45) is 0. The Morgan fingerprint density at radius 3 is 2.50 bits per heavy atom. The number of nitrogens with one attached hydrogen (secondary N) is 3. The first-order chi connectivity index (χ1) is 11.7. The first-order valence-corrected chi connectivity index (χ1v) is 7.40. The number of benzene rings is 3. The van der Waals surface area contributed by atoms with Gasteiger partial charge < -0.3 is 4.98 Å². The summed E-state index contributed by atoms with van der Waals surface area (Å²) in [5.41, 5.74) is 6.71. The zero-order chi connectivity index (χ0) is 16.5. The van der Waals surface area contributed by atoms with Crippen LogP contribution in [-0.2, 0) is 0 Å². The third-order valence-electron chi connectivity index (χ3n) is 3.76. The molecule has 0 saturated carbocycles. The van der Waals surface area contributed by atoms with Crippen LogP contribution in [0.25, 0.3) is 21.8 Å². The van der Waals surface area contributed by atoms with Crippen LogP contribution < -0.4 is 10.9 Å². The predicted molar refractivity (Wildman–Crippen MR) is 91.1 cm³/mol. The first-order valence-electron chi connectivity index (χ1n) is 7.40. The molecule has 6 heteroatoms. The van der Waals surface area contributed by atoms with E-state index in [2.05, 4.69) is 20.8 Å². The van der Waals surface area contributed by atoms with Crippen molar-refractivity contribution in [2.75, 3.05) is 5.43 Å². The predicted octanol–water partition coefficient (Wildman–Crippen LogP) is 3.61. The van der Waals surface area contributed by atoms with Crippen LogP contribution in [0.15, 0.2) is 60.7 Å². The molecule has 5 nitrogen and oxygen atoms in total. The van der Waals surface area contributed by atoms with Crippen molar-refractivity contribution < 1.29 is 9.18 Å². The minimum Gasteiger partial charge on any atom is -0.323 e. The van der Waals surface area contributed by atoms with Crippen LogP contribution in [0.2, 0.25) is 0 Å². The van der Waals surface area contributed by atoms with Gasteiger partial charge in [-0.15, -0.1) is 0 Å². The van der Waals surface area contributed by atoms with E-state index in [4.69, 9.17) is 0 Å². The van der Waals surface area contributed by atoms with E-state index in [0.29, 0.717) is 5.95 Å². The van der Waals surface area contributed by atoms with Gasteiger partial charge in [0.2, 0.25) is 5.95 Å². The van der Waals surface area contributed by atoms with Gasteiger partial charge in [-0.2, -0.15) is 0 Å². The number of carbonyl (C=O) groups excluding carboxylic acids is 1. The molecule has 3 N–H and O–H groups in total. The van der Waals surface area contributed by atoms with Crippen molar-refractivity contribution in [1.29, 1.82) is 0 Å². The average Bonchev–Trinajstić information content (AvgIpc) is 3.02. The Morgan fingerprint density at radius 1 is 1.00 bits per heavy atom. The number of para-hydroxylation sites is 2. The van der Waals surface area contributed by atoms with Crippen LogP contribution in [0.4, 0.5) is 10.3 Å². The number of H-pyrrole nitrogens is 1. The topological polar surface area (TPSA) is 69.8 Å². The van der Waals surface area contributed by atoms with E-state index in [-0.39, 0.29) is 5.56 Å². The van der Waals surface area contributed by atoms with Crippen molar-refractivity contribution in [1.82, 2.24) is 15.4 Å². The van der Waals surface area contributed by atoms with E-state index in [1.165, 1.54) is 12.1 Å². The quantitative estimate of drug-likeness (QED) is 0.505. The molecule has 3 aromatic carbocycles. The molecule has 0 bridgehead atoms. The number of hydrogen-bond donors (Lipinski definition) is 3. The number of imidazole rings is 1. The summed E-state index contributed by atoms with van der Waals surface area (Å²) >= 11 is 0. The van der Waals surface area contributed by atoms with E-state index in [0.717, 1.165) is 21.8 Å². The lowest BCUT2D eigenvalue weighted by Gasteiger charge is -2.08. The molecule has 1 aromatic heterocycles. The third-order valence-corrected chi connectivity index (χ3v) is 3.76. The molecule has 0 spiro atoms. The molecule has 24 heavy (non-hydrogen) atoms. The van der Waals surface area contributed by atoms with Gasteiger partial charge >= 0.3 is 0 Å². The molecular formula is C18H13FN4O. The van der Waals surface area contributed by atoms with Crippen molar-refractivity contribution in [2.45, 2.75) is 0 Å². The molecule has 118 valence electrons. The molecule has 0 fully saturated rings. The highest BCUT2D eigenvalue weighted by Gasteiger charge is 2.13. The summed E-state index contributed by atoms with van der Waals surface area (Å²) in [7, 11) is 0. The Kier molecular flexibility index (Phi) is 3.35. The fourth-order valence-corrected chi connectivity index (χ4v) is 2.58. The number of aromatic nitrogens is 2. The molecule has 0 radical (unpaired) electrons. The number of amides is 1. The fraction of sp³-hybridized carbons (Fsp3) is 0. The molecule has 4 aromatic rings. The van der Waals surface area contributed by atoms with Crippen LogP contribution in [-0.4, -0.2) is 15.9 Å². The third kappa shape index (κ3) is 2.54. The fourth-order valence-electron chi connectivity index (χ4n) is 2.58. The summed E-state index contributed by atoms with van der Waals surface area (Å²) in [4.78, 5) is 19.5. The van der Waals surface area contributed by atoms with Crippen molar-refractivity contribution in [3.8, 4) is 0 Å². The number of carbonyl (C=O) groups is 1. The van der Waals surface area contributed by atoms with Crippen molar-refractivity contribution in [3.63, 3.8) is 0 Å². The first kappa shape index (κ1) is 14.2. The molecule has 0 aliphatic carbocycles. The van der Waals surface area contributed by atoms with E-state index >= 15 is 0 Å². The highest BCUT2D eigenvalue weighted by Crippen LogP contribution is 2.19. The summed E-state index contributed by atoms with van der Waals surface area (Å²) in [6.45, 7) is 0. The monoisotopic (exact) mass is 320 g/mol. The van der Waals surface area contributed by atoms with Crippen LogP contribution in [0.1, 0.15) is 10.4 Å². The van der Waals surface area contributed by atoms with E-state index in [1.807, 2.05) is 42.5 Å². The number of aromatic amines is 1. The van der Waals surface area contributed by atoms with Crippen LogP contribution in [0.3, 0.4) is 0 Å². The summed E-state index contributed by atoms with van der Waals surface area (Å²) in [5.74, 6) is -0.762. The van der Waals surface area contributed by atoms with Crippen LogP contribution in [0.5, 0.6) is 0 Å². The van der Waals surface area contributed by atoms with Crippen molar-refractivity contribution >= 4 is 33.7 Å². The molecule has 0 aliphatic heterocycles. The minimum atomic E-state index is -0.572. The summed E-state index contributed by atoms with van der Waals surface area (Å²) in [6, 6.07) is 17.7. The Balaban J connectivity index is 1.56. The molecule has 0 atom stereocenters.